The molecule has 0 saturated carbocycles. The number of ether oxygens (including phenoxy) is 2. The molecule has 8 heteroatoms. The van der Waals surface area contributed by atoms with Crippen LogP contribution in [0.1, 0.15) is 6.92 Å². The van der Waals surface area contributed by atoms with E-state index in [9.17, 15) is 4.79 Å². The van der Waals surface area contributed by atoms with E-state index in [4.69, 9.17) is 25.6 Å². The molecule has 2 aromatic rings. The minimum atomic E-state index is -0.304. The second-order valence-electron chi connectivity index (χ2n) is 4.58. The van der Waals surface area contributed by atoms with Gasteiger partial charge >= 0.3 is 6.08 Å². The Kier molecular flexibility index (Phi) is 5.74. The van der Waals surface area contributed by atoms with Crippen LogP contribution in [-0.4, -0.2) is 42.4 Å². The number of nitrogens with one attached hydrogen (secondary N) is 1. The first-order valence-corrected chi connectivity index (χ1v) is 6.97. The maximum absolute atomic E-state index is 11.6. The third-order valence-corrected chi connectivity index (χ3v) is 3.00. The van der Waals surface area contributed by atoms with E-state index in [0.717, 1.165) is 0 Å². The van der Waals surface area contributed by atoms with E-state index in [-0.39, 0.29) is 24.6 Å². The van der Waals surface area contributed by atoms with E-state index < -0.39 is 0 Å². The Labute approximate surface area is 132 Å². The monoisotopic (exact) mass is 325 g/mol. The highest BCUT2D eigenvalue weighted by Crippen LogP contribution is 2.26. The molecule has 1 aromatic heterocycles. The van der Waals surface area contributed by atoms with Crippen LogP contribution in [0, 0.1) is 0 Å². The van der Waals surface area contributed by atoms with Crippen molar-refractivity contribution in [3.05, 3.63) is 29.3 Å². The van der Waals surface area contributed by atoms with Crippen LogP contribution >= 0.6 is 11.6 Å². The number of hydrogen-bond acceptors (Lipinski definition) is 6. The molecule has 0 spiro atoms. The fourth-order valence-electron chi connectivity index (χ4n) is 1.76. The number of hydrogen-bond donors (Lipinski definition) is 1. The van der Waals surface area contributed by atoms with Gasteiger partial charge < -0.3 is 14.8 Å². The van der Waals surface area contributed by atoms with Crippen LogP contribution in [0.3, 0.4) is 0 Å². The lowest BCUT2D eigenvalue weighted by Gasteiger charge is -2.11. The smallest absolute Gasteiger partial charge is 0.418 e. The Morgan fingerprint density at radius 1 is 1.45 bits per heavy atom. The summed E-state index contributed by atoms with van der Waals surface area (Å²) in [4.78, 5) is 15.7. The summed E-state index contributed by atoms with van der Waals surface area (Å²) in [6.45, 7) is 2.02. The van der Waals surface area contributed by atoms with Gasteiger partial charge in [0, 0.05) is 18.7 Å². The van der Waals surface area contributed by atoms with Gasteiger partial charge in [-0.1, -0.05) is 28.9 Å². The Morgan fingerprint density at radius 2 is 2.23 bits per heavy atom. The predicted octanol–water partition coefficient (Wildman–Crippen LogP) is 1.92. The molecule has 0 aliphatic carbocycles. The molecule has 22 heavy (non-hydrogen) atoms. The molecule has 0 saturated heterocycles. The summed E-state index contributed by atoms with van der Waals surface area (Å²) >= 11 is 6.04. The molecule has 0 fully saturated rings. The van der Waals surface area contributed by atoms with E-state index in [1.165, 1.54) is 0 Å². The van der Waals surface area contributed by atoms with Gasteiger partial charge in [-0.05, 0) is 19.1 Å². The van der Waals surface area contributed by atoms with Crippen molar-refractivity contribution in [2.45, 2.75) is 13.0 Å². The van der Waals surface area contributed by atoms with E-state index in [2.05, 4.69) is 15.5 Å². The highest BCUT2D eigenvalue weighted by atomic mass is 35.5. The van der Waals surface area contributed by atoms with Gasteiger partial charge in [-0.25, -0.2) is 0 Å². The number of amides is 1. The van der Waals surface area contributed by atoms with Crippen LogP contribution in [-0.2, 0) is 9.53 Å². The van der Waals surface area contributed by atoms with Crippen LogP contribution in [0.2, 0.25) is 5.02 Å². The zero-order valence-electron chi connectivity index (χ0n) is 12.2. The van der Waals surface area contributed by atoms with Crippen molar-refractivity contribution in [3.63, 3.8) is 0 Å². The average Bonchev–Trinajstić information content (AvgIpc) is 2.94. The first-order valence-electron chi connectivity index (χ1n) is 6.60. The van der Waals surface area contributed by atoms with E-state index in [1.807, 2.05) is 13.0 Å². The molecule has 1 atom stereocenters. The molecule has 1 heterocycles. The number of carbonyl (C=O) groups excluding carboxylic acids is 1. The van der Waals surface area contributed by atoms with Crippen molar-refractivity contribution >= 4 is 17.5 Å². The Morgan fingerprint density at radius 3 is 2.95 bits per heavy atom. The third-order valence-electron chi connectivity index (χ3n) is 2.67. The zero-order chi connectivity index (χ0) is 15.9. The van der Waals surface area contributed by atoms with Crippen LogP contribution in [0.4, 0.5) is 0 Å². The SMILES string of the molecule is COC[C@H](C)NC(=O)COc1nc(-c2ccccc2Cl)no1. The first kappa shape index (κ1) is 16.3. The lowest BCUT2D eigenvalue weighted by atomic mass is 10.2. The van der Waals surface area contributed by atoms with E-state index in [0.29, 0.717) is 23.0 Å². The van der Waals surface area contributed by atoms with Gasteiger partial charge in [-0.3, -0.25) is 9.32 Å². The van der Waals surface area contributed by atoms with Gasteiger partial charge in [-0.15, -0.1) is 0 Å². The summed E-state index contributed by atoms with van der Waals surface area (Å²) in [6, 6.07) is 6.98. The maximum atomic E-state index is 11.6. The molecule has 118 valence electrons. The quantitative estimate of drug-likeness (QED) is 0.837. The lowest BCUT2D eigenvalue weighted by Crippen LogP contribution is -2.38. The summed E-state index contributed by atoms with van der Waals surface area (Å²) in [5, 5.41) is 6.97. The second kappa shape index (κ2) is 7.77. The Bertz CT molecular complexity index is 632. The zero-order valence-corrected chi connectivity index (χ0v) is 13.0. The number of benzene rings is 1. The average molecular weight is 326 g/mol. The third kappa shape index (κ3) is 4.44. The molecule has 1 aromatic carbocycles. The van der Waals surface area contributed by atoms with E-state index in [1.54, 1.807) is 25.3 Å². The van der Waals surface area contributed by atoms with Crippen LogP contribution in [0.15, 0.2) is 28.8 Å². The standard InChI is InChI=1S/C14H16ClN3O4/c1-9(7-20-2)16-12(19)8-21-14-17-13(18-22-14)10-5-3-4-6-11(10)15/h3-6,9H,7-8H2,1-2H3,(H,16,19)/t9-/m0/s1. The van der Waals surface area contributed by atoms with Gasteiger partial charge in [0.25, 0.3) is 5.91 Å². The van der Waals surface area contributed by atoms with Gasteiger partial charge in [0.05, 0.1) is 11.6 Å². The molecular weight excluding hydrogens is 310 g/mol. The molecule has 2 rings (SSSR count). The normalized spacial score (nSPS) is 12.0. The van der Waals surface area contributed by atoms with E-state index >= 15 is 0 Å². The highest BCUT2D eigenvalue weighted by molar-refractivity contribution is 6.33. The van der Waals surface area contributed by atoms with Crippen LogP contribution < -0.4 is 10.1 Å². The summed E-state index contributed by atoms with van der Waals surface area (Å²) < 4.78 is 15.0. The van der Waals surface area contributed by atoms with Crippen molar-refractivity contribution in [3.8, 4) is 17.5 Å². The lowest BCUT2D eigenvalue weighted by molar-refractivity contribution is -0.124. The van der Waals surface area contributed by atoms with Gasteiger partial charge in [0.1, 0.15) is 0 Å². The van der Waals surface area contributed by atoms with Gasteiger partial charge in [0.2, 0.25) is 5.82 Å². The van der Waals surface area contributed by atoms with Crippen molar-refractivity contribution < 1.29 is 18.8 Å². The van der Waals surface area contributed by atoms with Crippen molar-refractivity contribution in [2.75, 3.05) is 20.3 Å². The minimum Gasteiger partial charge on any atom is -0.439 e. The highest BCUT2D eigenvalue weighted by Gasteiger charge is 2.14. The Hall–Kier alpha value is -2.12. The fraction of sp³-hybridized carbons (Fsp3) is 0.357. The molecule has 1 N–H and O–H groups in total. The number of rotatable bonds is 7. The summed E-state index contributed by atoms with van der Waals surface area (Å²) in [5.41, 5.74) is 0.626. The molecule has 7 nitrogen and oxygen atoms in total. The van der Waals surface area contributed by atoms with Crippen LogP contribution in [0.5, 0.6) is 6.08 Å². The maximum Gasteiger partial charge on any atom is 0.418 e. The van der Waals surface area contributed by atoms with Crippen LogP contribution in [0.25, 0.3) is 11.4 Å². The van der Waals surface area contributed by atoms with Gasteiger partial charge in [0.15, 0.2) is 6.61 Å². The van der Waals surface area contributed by atoms with Crippen molar-refractivity contribution in [2.24, 2.45) is 0 Å². The molecule has 0 aliphatic heterocycles. The van der Waals surface area contributed by atoms with Gasteiger partial charge in [-0.2, -0.15) is 4.98 Å². The largest absolute Gasteiger partial charge is 0.439 e. The fourth-order valence-corrected chi connectivity index (χ4v) is 1.98. The Balaban J connectivity index is 1.90. The number of carbonyl (C=O) groups is 1. The molecule has 0 aliphatic rings. The number of halogens is 1. The predicted molar refractivity (Wildman–Crippen MR) is 79.7 cm³/mol. The van der Waals surface area contributed by atoms with Crippen molar-refractivity contribution in [1.29, 1.82) is 0 Å². The molecule has 0 unspecified atom stereocenters. The summed E-state index contributed by atoms with van der Waals surface area (Å²) in [7, 11) is 1.56. The topological polar surface area (TPSA) is 86.5 Å². The minimum absolute atomic E-state index is 0.0931. The molecule has 0 radical (unpaired) electrons. The molecular formula is C14H16ClN3O4. The number of methoxy groups -OCH3 is 1. The summed E-state index contributed by atoms with van der Waals surface area (Å²) in [5.74, 6) is -0.00389. The number of aromatic nitrogens is 2. The van der Waals surface area contributed by atoms with Crippen molar-refractivity contribution in [1.82, 2.24) is 15.5 Å². The summed E-state index contributed by atoms with van der Waals surface area (Å²) in [6.07, 6.45) is -0.0931. The molecule has 0 bridgehead atoms. The molecule has 1 amide bonds. The second-order valence-corrected chi connectivity index (χ2v) is 4.98. The number of nitrogens with zero attached hydrogens (tertiary/aromatic N) is 2. The first-order chi connectivity index (χ1) is 10.6.